The first kappa shape index (κ1) is 13.8. The second-order valence-corrected chi connectivity index (χ2v) is 6.16. The van der Waals surface area contributed by atoms with Crippen LogP contribution in [0.5, 0.6) is 0 Å². The highest BCUT2D eigenvalue weighted by Crippen LogP contribution is 2.30. The Morgan fingerprint density at radius 1 is 1.42 bits per heavy atom. The summed E-state index contributed by atoms with van der Waals surface area (Å²) in [6, 6.07) is -0.149. The zero-order chi connectivity index (χ0) is 14.0. The van der Waals surface area contributed by atoms with Crippen LogP contribution in [0.4, 0.5) is 5.82 Å². The molecule has 1 aromatic heterocycles. The number of anilines is 1. The molecule has 0 saturated heterocycles. The molecule has 1 heterocycles. The first-order chi connectivity index (χ1) is 8.88. The summed E-state index contributed by atoms with van der Waals surface area (Å²) in [5.74, 6) is 0.0156. The maximum Gasteiger partial charge on any atom is 0.305 e. The van der Waals surface area contributed by atoms with Crippen molar-refractivity contribution in [2.24, 2.45) is 5.41 Å². The van der Waals surface area contributed by atoms with Crippen molar-refractivity contribution >= 4 is 11.8 Å². The Hall–Kier alpha value is -1.65. The predicted molar refractivity (Wildman–Crippen MR) is 73.2 cm³/mol. The van der Waals surface area contributed by atoms with Crippen LogP contribution >= 0.6 is 0 Å². The number of rotatable bonds is 4. The van der Waals surface area contributed by atoms with E-state index in [2.05, 4.69) is 15.3 Å². The van der Waals surface area contributed by atoms with E-state index in [1.165, 1.54) is 0 Å². The number of aryl methyl sites for hydroxylation is 1. The van der Waals surface area contributed by atoms with Crippen LogP contribution in [0.3, 0.4) is 0 Å². The van der Waals surface area contributed by atoms with Gasteiger partial charge in [-0.3, -0.25) is 4.79 Å². The average Bonchev–Trinajstić information content (AvgIpc) is 2.75. The van der Waals surface area contributed by atoms with Crippen molar-refractivity contribution in [3.8, 4) is 0 Å². The minimum Gasteiger partial charge on any atom is -0.481 e. The maximum atomic E-state index is 11.0. The van der Waals surface area contributed by atoms with Crippen molar-refractivity contribution in [3.63, 3.8) is 0 Å². The van der Waals surface area contributed by atoms with Gasteiger partial charge in [-0.15, -0.1) is 0 Å². The molecule has 1 aromatic rings. The molecule has 2 rings (SSSR count). The number of carbonyl (C=O) groups is 1. The fourth-order valence-electron chi connectivity index (χ4n) is 2.40. The van der Waals surface area contributed by atoms with E-state index in [-0.39, 0.29) is 17.9 Å². The van der Waals surface area contributed by atoms with Crippen LogP contribution < -0.4 is 5.32 Å². The lowest BCUT2D eigenvalue weighted by molar-refractivity contribution is -0.137. The van der Waals surface area contributed by atoms with E-state index in [0.29, 0.717) is 0 Å². The van der Waals surface area contributed by atoms with Crippen molar-refractivity contribution in [2.75, 3.05) is 5.32 Å². The Morgan fingerprint density at radius 3 is 2.79 bits per heavy atom. The van der Waals surface area contributed by atoms with Gasteiger partial charge in [-0.25, -0.2) is 9.97 Å². The van der Waals surface area contributed by atoms with Crippen LogP contribution in [0.15, 0.2) is 6.33 Å². The number of aromatic nitrogens is 2. The van der Waals surface area contributed by atoms with Gasteiger partial charge in [0.2, 0.25) is 0 Å². The molecule has 0 saturated carbocycles. The summed E-state index contributed by atoms with van der Waals surface area (Å²) in [5, 5.41) is 12.4. The van der Waals surface area contributed by atoms with Gasteiger partial charge in [0.1, 0.15) is 12.1 Å². The molecule has 5 nitrogen and oxygen atoms in total. The molecule has 19 heavy (non-hydrogen) atoms. The summed E-state index contributed by atoms with van der Waals surface area (Å²) in [6.45, 7) is 6.11. The van der Waals surface area contributed by atoms with E-state index in [0.717, 1.165) is 36.3 Å². The molecule has 0 spiro atoms. The Bertz CT molecular complexity index is 480. The molecule has 0 bridgehead atoms. The molecule has 2 N–H and O–H groups in total. The monoisotopic (exact) mass is 263 g/mol. The maximum absolute atomic E-state index is 11.0. The minimum absolute atomic E-state index is 0.0856. The molecule has 1 aliphatic rings. The second-order valence-electron chi connectivity index (χ2n) is 6.16. The number of fused-ring (bicyclic) bond motifs is 1. The molecular formula is C14H21N3O2. The van der Waals surface area contributed by atoms with Crippen molar-refractivity contribution < 1.29 is 9.90 Å². The minimum atomic E-state index is -0.793. The lowest BCUT2D eigenvalue weighted by Gasteiger charge is -2.31. The molecule has 1 aliphatic carbocycles. The van der Waals surface area contributed by atoms with Gasteiger partial charge in [0.25, 0.3) is 0 Å². The van der Waals surface area contributed by atoms with Crippen molar-refractivity contribution in [3.05, 3.63) is 17.6 Å². The van der Waals surface area contributed by atoms with Crippen LogP contribution in [0, 0.1) is 5.41 Å². The van der Waals surface area contributed by atoms with Gasteiger partial charge < -0.3 is 10.4 Å². The summed E-state index contributed by atoms with van der Waals surface area (Å²) < 4.78 is 0. The highest BCUT2D eigenvalue weighted by molar-refractivity contribution is 5.68. The third-order valence-electron chi connectivity index (χ3n) is 3.61. The smallest absolute Gasteiger partial charge is 0.305 e. The number of nitrogens with zero attached hydrogens (tertiary/aromatic N) is 2. The van der Waals surface area contributed by atoms with Gasteiger partial charge >= 0.3 is 5.97 Å². The Balaban J connectivity index is 2.22. The molecule has 1 unspecified atom stereocenters. The highest BCUT2D eigenvalue weighted by Gasteiger charge is 2.29. The van der Waals surface area contributed by atoms with Crippen molar-refractivity contribution in [2.45, 2.75) is 52.5 Å². The fraction of sp³-hybridized carbons (Fsp3) is 0.643. The molecule has 0 amide bonds. The molecule has 0 fully saturated rings. The zero-order valence-corrected chi connectivity index (χ0v) is 11.7. The van der Waals surface area contributed by atoms with Gasteiger partial charge in [0.05, 0.1) is 6.42 Å². The van der Waals surface area contributed by atoms with Gasteiger partial charge in [0.15, 0.2) is 0 Å². The van der Waals surface area contributed by atoms with Crippen LogP contribution in [0.25, 0.3) is 0 Å². The summed E-state index contributed by atoms with van der Waals surface area (Å²) in [7, 11) is 0. The molecular weight excluding hydrogens is 242 g/mol. The first-order valence-electron chi connectivity index (χ1n) is 6.69. The topological polar surface area (TPSA) is 75.1 Å². The summed E-state index contributed by atoms with van der Waals surface area (Å²) in [5.41, 5.74) is 2.11. The lowest BCUT2D eigenvalue weighted by Crippen LogP contribution is -2.36. The number of hydrogen-bond acceptors (Lipinski definition) is 4. The SMILES string of the molecule is CC(C)(C)C(CC(=O)O)Nc1ncnc2c1CCC2. The van der Waals surface area contributed by atoms with Crippen LogP contribution in [-0.4, -0.2) is 27.1 Å². The van der Waals surface area contributed by atoms with Gasteiger partial charge in [-0.05, 0) is 24.7 Å². The molecule has 0 aromatic carbocycles. The summed E-state index contributed by atoms with van der Waals surface area (Å²) in [4.78, 5) is 19.6. The highest BCUT2D eigenvalue weighted by atomic mass is 16.4. The van der Waals surface area contributed by atoms with Gasteiger partial charge in [0, 0.05) is 17.3 Å². The number of carboxylic acids is 1. The van der Waals surface area contributed by atoms with Gasteiger partial charge in [-0.2, -0.15) is 0 Å². The summed E-state index contributed by atoms with van der Waals surface area (Å²) in [6.07, 6.45) is 4.71. The van der Waals surface area contributed by atoms with Gasteiger partial charge in [-0.1, -0.05) is 20.8 Å². The number of aliphatic carboxylic acids is 1. The Kier molecular flexibility index (Phi) is 3.73. The van der Waals surface area contributed by atoms with E-state index in [1.54, 1.807) is 6.33 Å². The number of hydrogen-bond donors (Lipinski definition) is 2. The van der Waals surface area contributed by atoms with E-state index >= 15 is 0 Å². The first-order valence-corrected chi connectivity index (χ1v) is 6.69. The van der Waals surface area contributed by atoms with Crippen LogP contribution in [-0.2, 0) is 17.6 Å². The quantitative estimate of drug-likeness (QED) is 0.871. The van der Waals surface area contributed by atoms with E-state index in [1.807, 2.05) is 20.8 Å². The molecule has 0 aliphatic heterocycles. The average molecular weight is 263 g/mol. The van der Waals surface area contributed by atoms with Crippen molar-refractivity contribution in [1.29, 1.82) is 0 Å². The standard InChI is InChI=1S/C14H21N3O2/c1-14(2,3)11(7-12(18)19)17-13-9-5-4-6-10(9)15-8-16-13/h8,11H,4-7H2,1-3H3,(H,18,19)(H,15,16,17). The predicted octanol–water partition coefficient (Wildman–Crippen LogP) is 2.27. The molecule has 5 heteroatoms. The number of carboxylic acid groups (broad SMARTS) is 1. The van der Waals surface area contributed by atoms with E-state index in [9.17, 15) is 4.79 Å². The Morgan fingerprint density at radius 2 is 2.16 bits per heavy atom. The number of nitrogens with one attached hydrogen (secondary N) is 1. The largest absolute Gasteiger partial charge is 0.481 e. The lowest BCUT2D eigenvalue weighted by atomic mass is 9.84. The van der Waals surface area contributed by atoms with Crippen LogP contribution in [0.2, 0.25) is 0 Å². The van der Waals surface area contributed by atoms with Crippen molar-refractivity contribution in [1.82, 2.24) is 9.97 Å². The fourth-order valence-corrected chi connectivity index (χ4v) is 2.40. The Labute approximate surface area is 113 Å². The second kappa shape index (κ2) is 5.15. The molecule has 104 valence electrons. The van der Waals surface area contributed by atoms with Crippen LogP contribution in [0.1, 0.15) is 44.9 Å². The normalized spacial score (nSPS) is 15.9. The summed E-state index contributed by atoms with van der Waals surface area (Å²) >= 11 is 0. The third-order valence-corrected chi connectivity index (χ3v) is 3.61. The molecule has 0 radical (unpaired) electrons. The molecule has 1 atom stereocenters. The van der Waals surface area contributed by atoms with E-state index < -0.39 is 5.97 Å². The van der Waals surface area contributed by atoms with E-state index in [4.69, 9.17) is 5.11 Å². The zero-order valence-electron chi connectivity index (χ0n) is 11.7. The third kappa shape index (κ3) is 3.22.